The van der Waals surface area contributed by atoms with Crippen molar-refractivity contribution >= 4 is 17.7 Å². The van der Waals surface area contributed by atoms with Gasteiger partial charge in [0.05, 0.1) is 19.0 Å². The van der Waals surface area contributed by atoms with Crippen LogP contribution in [0.5, 0.6) is 5.75 Å². The number of hydrogen-bond acceptors (Lipinski definition) is 6. The molecule has 0 N–H and O–H groups in total. The summed E-state index contributed by atoms with van der Waals surface area (Å²) < 4.78 is 9.17. The predicted octanol–water partition coefficient (Wildman–Crippen LogP) is 2.29. The van der Waals surface area contributed by atoms with Crippen molar-refractivity contribution in [3.05, 3.63) is 76.0 Å². The summed E-state index contributed by atoms with van der Waals surface area (Å²) in [4.78, 5) is 30.6. The molecule has 0 saturated carbocycles. The van der Waals surface area contributed by atoms with E-state index in [0.29, 0.717) is 24.3 Å². The van der Waals surface area contributed by atoms with Crippen LogP contribution in [0.4, 0.5) is 0 Å². The van der Waals surface area contributed by atoms with Crippen LogP contribution in [0.1, 0.15) is 21.6 Å². The second-order valence-electron chi connectivity index (χ2n) is 8.58. The fourth-order valence-electron chi connectivity index (χ4n) is 4.69. The normalized spacial score (nSPS) is 16.7. The van der Waals surface area contributed by atoms with Gasteiger partial charge in [-0.25, -0.2) is 4.68 Å². The number of aromatic nitrogens is 3. The Labute approximate surface area is 203 Å². The molecule has 178 valence electrons. The first-order valence-electron chi connectivity index (χ1n) is 11.6. The van der Waals surface area contributed by atoms with Gasteiger partial charge in [-0.05, 0) is 12.1 Å². The molecule has 2 aromatic heterocycles. The molecule has 5 rings (SSSR count). The van der Waals surface area contributed by atoms with Crippen LogP contribution in [0.25, 0.3) is 5.69 Å². The van der Waals surface area contributed by atoms with E-state index in [9.17, 15) is 9.59 Å². The van der Waals surface area contributed by atoms with E-state index in [1.807, 2.05) is 64.1 Å². The summed E-state index contributed by atoms with van der Waals surface area (Å²) in [6, 6.07) is 11.5. The van der Waals surface area contributed by atoms with E-state index in [0.717, 1.165) is 61.2 Å². The molecule has 0 aliphatic carbocycles. The van der Waals surface area contributed by atoms with E-state index in [2.05, 4.69) is 10.00 Å². The lowest BCUT2D eigenvalue weighted by molar-refractivity contribution is 0.0766. The Kier molecular flexibility index (Phi) is 6.73. The van der Waals surface area contributed by atoms with Gasteiger partial charge in [0.25, 0.3) is 11.5 Å². The van der Waals surface area contributed by atoms with Crippen LogP contribution in [0.3, 0.4) is 0 Å². The van der Waals surface area contributed by atoms with Crippen molar-refractivity contribution in [3.8, 4) is 11.4 Å². The number of benzene rings is 1. The van der Waals surface area contributed by atoms with Gasteiger partial charge in [0.1, 0.15) is 11.3 Å². The molecule has 2 aliphatic rings. The number of carbonyl (C=O) groups excluding carboxylic acids is 1. The smallest absolute Gasteiger partial charge is 0.259 e. The molecule has 3 aromatic rings. The first-order valence-corrected chi connectivity index (χ1v) is 12.8. The molecule has 1 saturated heterocycles. The lowest BCUT2D eigenvalue weighted by Crippen LogP contribution is -2.39. The minimum atomic E-state index is -0.114. The highest BCUT2D eigenvalue weighted by molar-refractivity contribution is 7.99. The summed E-state index contributed by atoms with van der Waals surface area (Å²) in [5.74, 6) is 2.23. The minimum Gasteiger partial charge on any atom is -0.496 e. The highest BCUT2D eigenvalue weighted by atomic mass is 32.2. The van der Waals surface area contributed by atoms with Gasteiger partial charge >= 0.3 is 0 Å². The van der Waals surface area contributed by atoms with Gasteiger partial charge in [-0.15, -0.1) is 0 Å². The maximum absolute atomic E-state index is 13.5. The molecule has 0 unspecified atom stereocenters. The Morgan fingerprint density at radius 3 is 2.65 bits per heavy atom. The number of para-hydroxylation sites is 1. The van der Waals surface area contributed by atoms with Crippen LogP contribution in [-0.4, -0.2) is 74.8 Å². The zero-order valence-electron chi connectivity index (χ0n) is 19.4. The number of rotatable bonds is 5. The molecule has 0 spiro atoms. The van der Waals surface area contributed by atoms with Gasteiger partial charge in [0.15, 0.2) is 0 Å². The molecule has 8 nitrogen and oxygen atoms in total. The van der Waals surface area contributed by atoms with Crippen LogP contribution in [0.2, 0.25) is 0 Å². The number of nitrogens with zero attached hydrogens (tertiary/aromatic N) is 5. The SMILES string of the molecule is COc1cc(=O)n2c(c1C(=O)N1CCSCC1)CCN(Cc1cnn(-c3ccccc3)c1)CC2. The number of amides is 1. The van der Waals surface area contributed by atoms with Crippen molar-refractivity contribution in [2.45, 2.75) is 19.5 Å². The van der Waals surface area contributed by atoms with Gasteiger partial charge in [0.2, 0.25) is 0 Å². The lowest BCUT2D eigenvalue weighted by Gasteiger charge is -2.28. The maximum Gasteiger partial charge on any atom is 0.259 e. The number of ether oxygens (including phenoxy) is 1. The first-order chi connectivity index (χ1) is 16.6. The van der Waals surface area contributed by atoms with Gasteiger partial charge in [-0.3, -0.25) is 14.5 Å². The Balaban J connectivity index is 1.37. The molecule has 9 heteroatoms. The van der Waals surface area contributed by atoms with Crippen LogP contribution in [0.15, 0.2) is 53.6 Å². The number of pyridine rings is 1. The monoisotopic (exact) mass is 479 g/mol. The highest BCUT2D eigenvalue weighted by Gasteiger charge is 2.29. The number of carbonyl (C=O) groups is 1. The first kappa shape index (κ1) is 22.7. The minimum absolute atomic E-state index is 0.0292. The fraction of sp³-hybridized carbons (Fsp3) is 0.400. The Bertz CT molecular complexity index is 1220. The van der Waals surface area contributed by atoms with Crippen LogP contribution in [0, 0.1) is 0 Å². The molecular weight excluding hydrogens is 450 g/mol. The summed E-state index contributed by atoms with van der Waals surface area (Å²) >= 11 is 1.86. The number of hydrogen-bond donors (Lipinski definition) is 0. The number of thioether (sulfide) groups is 1. The van der Waals surface area contributed by atoms with Crippen molar-refractivity contribution in [1.82, 2.24) is 24.1 Å². The quantitative estimate of drug-likeness (QED) is 0.559. The van der Waals surface area contributed by atoms with E-state index in [-0.39, 0.29) is 11.5 Å². The Hall–Kier alpha value is -3.04. The zero-order chi connectivity index (χ0) is 23.5. The fourth-order valence-corrected chi connectivity index (χ4v) is 5.59. The van der Waals surface area contributed by atoms with E-state index >= 15 is 0 Å². The molecule has 1 fully saturated rings. The average Bonchev–Trinajstić information content (AvgIpc) is 3.24. The van der Waals surface area contributed by atoms with Crippen molar-refractivity contribution in [2.75, 3.05) is 44.8 Å². The largest absolute Gasteiger partial charge is 0.496 e. The molecule has 0 atom stereocenters. The second-order valence-corrected chi connectivity index (χ2v) is 9.81. The summed E-state index contributed by atoms with van der Waals surface area (Å²) in [7, 11) is 1.53. The third-order valence-electron chi connectivity index (χ3n) is 6.48. The number of methoxy groups -OCH3 is 1. The van der Waals surface area contributed by atoms with E-state index in [1.165, 1.54) is 13.2 Å². The molecule has 0 radical (unpaired) electrons. The summed E-state index contributed by atoms with van der Waals surface area (Å²) in [5.41, 5.74) is 3.36. The Morgan fingerprint density at radius 1 is 1.09 bits per heavy atom. The van der Waals surface area contributed by atoms with Crippen LogP contribution >= 0.6 is 11.8 Å². The van der Waals surface area contributed by atoms with Gasteiger partial charge in [0, 0.05) is 80.7 Å². The average molecular weight is 480 g/mol. The van der Waals surface area contributed by atoms with Crippen molar-refractivity contribution < 1.29 is 9.53 Å². The van der Waals surface area contributed by atoms with E-state index in [1.54, 1.807) is 4.57 Å². The molecule has 1 aromatic carbocycles. The molecule has 0 bridgehead atoms. The molecule has 34 heavy (non-hydrogen) atoms. The maximum atomic E-state index is 13.5. The molecule has 1 amide bonds. The highest BCUT2D eigenvalue weighted by Crippen LogP contribution is 2.26. The molecule has 2 aliphatic heterocycles. The van der Waals surface area contributed by atoms with Gasteiger partial charge < -0.3 is 14.2 Å². The standard InChI is InChI=1S/C25H29N5O3S/c1-33-22-15-23(31)29-10-9-27(17-19-16-26-30(18-19)20-5-3-2-4-6-20)8-7-21(29)24(22)25(32)28-11-13-34-14-12-28/h2-6,15-16,18H,7-14,17H2,1H3. The summed E-state index contributed by atoms with van der Waals surface area (Å²) in [6.07, 6.45) is 4.55. The van der Waals surface area contributed by atoms with E-state index < -0.39 is 0 Å². The lowest BCUT2D eigenvalue weighted by atomic mass is 10.1. The molecule has 4 heterocycles. The van der Waals surface area contributed by atoms with Crippen molar-refractivity contribution in [2.24, 2.45) is 0 Å². The zero-order valence-corrected chi connectivity index (χ0v) is 20.2. The number of fused-ring (bicyclic) bond motifs is 1. The van der Waals surface area contributed by atoms with E-state index in [4.69, 9.17) is 4.74 Å². The summed E-state index contributed by atoms with van der Waals surface area (Å²) in [5, 5.41) is 4.51. The van der Waals surface area contributed by atoms with Crippen LogP contribution < -0.4 is 10.3 Å². The summed E-state index contributed by atoms with van der Waals surface area (Å²) in [6.45, 7) is 4.20. The molecular formula is C25H29N5O3S. The third kappa shape index (κ3) is 4.63. The second kappa shape index (κ2) is 10.1. The Morgan fingerprint density at radius 2 is 1.88 bits per heavy atom. The predicted molar refractivity (Wildman–Crippen MR) is 133 cm³/mol. The van der Waals surface area contributed by atoms with Gasteiger partial charge in [-0.1, -0.05) is 18.2 Å². The van der Waals surface area contributed by atoms with Crippen molar-refractivity contribution in [1.29, 1.82) is 0 Å². The van der Waals surface area contributed by atoms with Crippen molar-refractivity contribution in [3.63, 3.8) is 0 Å². The topological polar surface area (TPSA) is 72.6 Å². The van der Waals surface area contributed by atoms with Crippen LogP contribution in [-0.2, 0) is 19.5 Å². The third-order valence-corrected chi connectivity index (χ3v) is 7.42. The van der Waals surface area contributed by atoms with Gasteiger partial charge in [-0.2, -0.15) is 16.9 Å².